The Bertz CT molecular complexity index is 348. The maximum Gasteiger partial charge on any atom is 0.307 e. The Kier molecular flexibility index (Phi) is 5.13. The summed E-state index contributed by atoms with van der Waals surface area (Å²) in [4.78, 5) is 25.8. The molecular formula is C14H23NO3S. The summed E-state index contributed by atoms with van der Waals surface area (Å²) in [6.45, 7) is 3.72. The molecule has 1 aliphatic carbocycles. The van der Waals surface area contributed by atoms with Gasteiger partial charge in [0, 0.05) is 24.1 Å². The van der Waals surface area contributed by atoms with Gasteiger partial charge in [0.25, 0.3) is 0 Å². The van der Waals surface area contributed by atoms with E-state index < -0.39 is 11.9 Å². The first-order valence-electron chi connectivity index (χ1n) is 7.26. The highest BCUT2D eigenvalue weighted by Gasteiger charge is 2.38. The predicted octanol–water partition coefficient (Wildman–Crippen LogP) is 2.23. The minimum atomic E-state index is -0.795. The van der Waals surface area contributed by atoms with Crippen LogP contribution in [0.5, 0.6) is 0 Å². The van der Waals surface area contributed by atoms with Crippen LogP contribution in [-0.4, -0.2) is 46.0 Å². The highest BCUT2D eigenvalue weighted by molar-refractivity contribution is 8.00. The normalized spacial score (nSPS) is 32.1. The van der Waals surface area contributed by atoms with E-state index in [4.69, 9.17) is 0 Å². The predicted molar refractivity (Wildman–Crippen MR) is 76.2 cm³/mol. The molecule has 0 bridgehead atoms. The number of thioether (sulfide) groups is 1. The highest BCUT2D eigenvalue weighted by Crippen LogP contribution is 2.33. The summed E-state index contributed by atoms with van der Waals surface area (Å²) in [5.74, 6) is -0.473. The summed E-state index contributed by atoms with van der Waals surface area (Å²) in [5, 5.41) is 9.80. The maximum absolute atomic E-state index is 12.6. The molecule has 1 saturated carbocycles. The fourth-order valence-electron chi connectivity index (χ4n) is 3.12. The molecule has 2 rings (SSSR count). The zero-order valence-corrected chi connectivity index (χ0v) is 12.3. The van der Waals surface area contributed by atoms with Crippen LogP contribution in [0, 0.1) is 11.8 Å². The minimum absolute atomic E-state index is 0.0888. The lowest BCUT2D eigenvalue weighted by Crippen LogP contribution is -2.47. The molecule has 5 heteroatoms. The molecule has 19 heavy (non-hydrogen) atoms. The van der Waals surface area contributed by atoms with Gasteiger partial charge in [0.15, 0.2) is 0 Å². The van der Waals surface area contributed by atoms with Crippen molar-refractivity contribution < 1.29 is 14.7 Å². The van der Waals surface area contributed by atoms with Gasteiger partial charge in [0.1, 0.15) is 0 Å². The first kappa shape index (κ1) is 14.7. The molecule has 1 N–H and O–H groups in total. The Morgan fingerprint density at radius 1 is 1.26 bits per heavy atom. The first-order chi connectivity index (χ1) is 9.13. The third-order valence-corrected chi connectivity index (χ3v) is 5.68. The number of carboxylic acids is 1. The van der Waals surface area contributed by atoms with Gasteiger partial charge in [-0.15, -0.1) is 0 Å². The van der Waals surface area contributed by atoms with Crippen molar-refractivity contribution in [1.29, 1.82) is 0 Å². The molecular weight excluding hydrogens is 262 g/mol. The van der Waals surface area contributed by atoms with Crippen molar-refractivity contribution in [3.8, 4) is 0 Å². The van der Waals surface area contributed by atoms with Crippen LogP contribution in [0.2, 0.25) is 0 Å². The van der Waals surface area contributed by atoms with Crippen molar-refractivity contribution >= 4 is 23.6 Å². The van der Waals surface area contributed by atoms with Gasteiger partial charge < -0.3 is 10.0 Å². The Morgan fingerprint density at radius 2 is 1.95 bits per heavy atom. The van der Waals surface area contributed by atoms with Crippen LogP contribution < -0.4 is 0 Å². The second kappa shape index (κ2) is 6.64. The van der Waals surface area contributed by atoms with Crippen molar-refractivity contribution in [2.24, 2.45) is 11.8 Å². The second-order valence-corrected chi connectivity index (χ2v) is 6.93. The molecule has 2 fully saturated rings. The lowest BCUT2D eigenvalue weighted by molar-refractivity contribution is -0.152. The molecule has 2 aliphatic rings. The zero-order valence-electron chi connectivity index (χ0n) is 11.5. The second-order valence-electron chi connectivity index (χ2n) is 5.52. The molecule has 108 valence electrons. The summed E-state index contributed by atoms with van der Waals surface area (Å²) < 4.78 is 0. The molecule has 1 saturated heterocycles. The fraction of sp³-hybridized carbons (Fsp3) is 0.857. The van der Waals surface area contributed by atoms with Crippen molar-refractivity contribution in [2.45, 2.75) is 44.3 Å². The molecule has 3 atom stereocenters. The Hall–Kier alpha value is -0.710. The summed E-state index contributed by atoms with van der Waals surface area (Å²) in [6.07, 6.45) is 4.40. The van der Waals surface area contributed by atoms with Crippen LogP contribution >= 0.6 is 11.8 Å². The van der Waals surface area contributed by atoms with Gasteiger partial charge in [-0.25, -0.2) is 0 Å². The van der Waals surface area contributed by atoms with Crippen molar-refractivity contribution in [2.75, 3.05) is 18.8 Å². The Morgan fingerprint density at radius 3 is 2.58 bits per heavy atom. The van der Waals surface area contributed by atoms with E-state index in [1.807, 2.05) is 16.7 Å². The molecule has 0 spiro atoms. The number of hydrogen-bond donors (Lipinski definition) is 1. The van der Waals surface area contributed by atoms with E-state index in [0.29, 0.717) is 11.7 Å². The monoisotopic (exact) mass is 285 g/mol. The summed E-state index contributed by atoms with van der Waals surface area (Å²) in [5.41, 5.74) is 0. The molecule has 0 aromatic carbocycles. The lowest BCUT2D eigenvalue weighted by Gasteiger charge is -2.37. The minimum Gasteiger partial charge on any atom is -0.481 e. The summed E-state index contributed by atoms with van der Waals surface area (Å²) in [7, 11) is 0. The number of aliphatic carboxylic acids is 1. The van der Waals surface area contributed by atoms with Crippen LogP contribution in [0.25, 0.3) is 0 Å². The van der Waals surface area contributed by atoms with E-state index in [1.165, 1.54) is 0 Å². The van der Waals surface area contributed by atoms with Crippen molar-refractivity contribution in [3.63, 3.8) is 0 Å². The van der Waals surface area contributed by atoms with Crippen LogP contribution in [-0.2, 0) is 9.59 Å². The zero-order chi connectivity index (χ0) is 13.8. The standard InChI is InChI=1S/C14H23NO3S/c1-2-10-9-15(7-8-19-10)13(16)11-5-3-4-6-12(11)14(17)18/h10-12H,2-9H2,1H3,(H,17,18). The van der Waals surface area contributed by atoms with Crippen LogP contribution in [0.3, 0.4) is 0 Å². The topological polar surface area (TPSA) is 57.6 Å². The van der Waals surface area contributed by atoms with E-state index >= 15 is 0 Å². The van der Waals surface area contributed by atoms with Gasteiger partial charge in [-0.3, -0.25) is 9.59 Å². The number of nitrogens with zero attached hydrogens (tertiary/aromatic N) is 1. The van der Waals surface area contributed by atoms with Gasteiger partial charge >= 0.3 is 5.97 Å². The van der Waals surface area contributed by atoms with Crippen LogP contribution in [0.1, 0.15) is 39.0 Å². The average molecular weight is 285 g/mol. The number of hydrogen-bond acceptors (Lipinski definition) is 3. The third-order valence-electron chi connectivity index (χ3n) is 4.31. The number of amides is 1. The fourth-order valence-corrected chi connectivity index (χ4v) is 4.30. The first-order valence-corrected chi connectivity index (χ1v) is 8.31. The molecule has 4 nitrogen and oxygen atoms in total. The van der Waals surface area contributed by atoms with Gasteiger partial charge in [0.05, 0.1) is 11.8 Å². The lowest BCUT2D eigenvalue weighted by atomic mass is 9.78. The van der Waals surface area contributed by atoms with E-state index in [1.54, 1.807) is 0 Å². The molecule has 0 aromatic heterocycles. The largest absolute Gasteiger partial charge is 0.481 e. The maximum atomic E-state index is 12.6. The number of rotatable bonds is 3. The van der Waals surface area contributed by atoms with Gasteiger partial charge in [0.2, 0.25) is 5.91 Å². The van der Waals surface area contributed by atoms with Crippen molar-refractivity contribution in [3.05, 3.63) is 0 Å². The van der Waals surface area contributed by atoms with E-state index in [0.717, 1.165) is 44.5 Å². The van der Waals surface area contributed by atoms with Gasteiger partial charge in [-0.1, -0.05) is 19.8 Å². The van der Waals surface area contributed by atoms with Gasteiger partial charge in [-0.2, -0.15) is 11.8 Å². The molecule has 1 amide bonds. The van der Waals surface area contributed by atoms with E-state index in [9.17, 15) is 14.7 Å². The SMILES string of the molecule is CCC1CN(C(=O)C2CCCCC2C(=O)O)CCS1. The number of carbonyl (C=O) groups is 2. The molecule has 0 aromatic rings. The molecule has 0 radical (unpaired) electrons. The average Bonchev–Trinajstić information content (AvgIpc) is 2.46. The van der Waals surface area contributed by atoms with Crippen molar-refractivity contribution in [1.82, 2.24) is 4.90 Å². The molecule has 1 heterocycles. The Labute approximate surface area is 118 Å². The Balaban J connectivity index is 2.02. The van der Waals surface area contributed by atoms with Gasteiger partial charge in [-0.05, 0) is 19.3 Å². The summed E-state index contributed by atoms with van der Waals surface area (Å²) in [6, 6.07) is 0. The molecule has 1 aliphatic heterocycles. The van der Waals surface area contributed by atoms with Crippen LogP contribution in [0.15, 0.2) is 0 Å². The van der Waals surface area contributed by atoms with E-state index in [2.05, 4.69) is 6.92 Å². The number of carbonyl (C=O) groups excluding carboxylic acids is 1. The van der Waals surface area contributed by atoms with Crippen LogP contribution in [0.4, 0.5) is 0 Å². The number of carboxylic acid groups (broad SMARTS) is 1. The molecule has 3 unspecified atom stereocenters. The quantitative estimate of drug-likeness (QED) is 0.864. The highest BCUT2D eigenvalue weighted by atomic mass is 32.2. The third kappa shape index (κ3) is 3.44. The summed E-state index contributed by atoms with van der Waals surface area (Å²) >= 11 is 1.93. The van der Waals surface area contributed by atoms with E-state index in [-0.39, 0.29) is 11.8 Å². The smallest absolute Gasteiger partial charge is 0.307 e.